The molecule has 7 nitrogen and oxygen atoms in total. The molecule has 1 aliphatic carbocycles. The molecule has 1 aliphatic heterocycles. The number of nitrogens with zero attached hydrogens (tertiary/aromatic N) is 1. The predicted molar refractivity (Wildman–Crippen MR) is 138 cm³/mol. The Kier molecular flexibility index (Phi) is 8.15. The van der Waals surface area contributed by atoms with Gasteiger partial charge < -0.3 is 20.3 Å². The molecule has 3 amide bonds. The first-order valence-electron chi connectivity index (χ1n) is 13.0. The van der Waals surface area contributed by atoms with E-state index < -0.39 is 23.6 Å². The van der Waals surface area contributed by atoms with Crippen molar-refractivity contribution in [3.8, 4) is 0 Å². The highest BCUT2D eigenvalue weighted by atomic mass is 19.1. The fraction of sp³-hybridized carbons (Fsp3) is 0.483. The summed E-state index contributed by atoms with van der Waals surface area (Å²) in [4.78, 5) is 40.4. The molecule has 0 bridgehead atoms. The molecule has 37 heavy (non-hydrogen) atoms. The first-order chi connectivity index (χ1) is 17.6. The molecule has 0 unspecified atom stereocenters. The van der Waals surface area contributed by atoms with Gasteiger partial charge in [0, 0.05) is 31.5 Å². The molecule has 2 aromatic carbocycles. The zero-order valence-corrected chi connectivity index (χ0v) is 21.8. The standard InChI is InChI=1S/C29H36FN3O4/c1-29(2,3)37-28(36)32-23(14-21-9-6-7-11-25(21)30)16-26(34)33-18-22-10-5-4-8-20(22)15-24(33)17-31-27(35)19-12-13-19/h4-11,19,23-24H,12-18H2,1-3H3,(H,31,35)(H,32,36)/t23-,24+/m1/s1. The number of amides is 3. The summed E-state index contributed by atoms with van der Waals surface area (Å²) in [5.41, 5.74) is 1.92. The van der Waals surface area contributed by atoms with Gasteiger partial charge in [0.2, 0.25) is 11.8 Å². The van der Waals surface area contributed by atoms with Crippen molar-refractivity contribution in [2.45, 2.75) is 77.1 Å². The number of hydrogen-bond acceptors (Lipinski definition) is 4. The number of hydrogen-bond donors (Lipinski definition) is 2. The van der Waals surface area contributed by atoms with E-state index in [4.69, 9.17) is 4.74 Å². The normalized spacial score (nSPS) is 17.9. The molecular formula is C29H36FN3O4. The number of ether oxygens (including phenoxy) is 1. The first kappa shape index (κ1) is 26.6. The van der Waals surface area contributed by atoms with Gasteiger partial charge in [-0.05, 0) is 69.2 Å². The van der Waals surface area contributed by atoms with Crippen LogP contribution >= 0.6 is 0 Å². The molecule has 2 N–H and O–H groups in total. The van der Waals surface area contributed by atoms with Crippen molar-refractivity contribution in [2.75, 3.05) is 6.54 Å². The number of alkyl carbamates (subject to hydrolysis) is 1. The fourth-order valence-corrected chi connectivity index (χ4v) is 4.68. The Morgan fingerprint density at radius 3 is 2.41 bits per heavy atom. The number of carbonyl (C=O) groups is 3. The van der Waals surface area contributed by atoms with Crippen molar-refractivity contribution >= 4 is 17.9 Å². The van der Waals surface area contributed by atoms with Crippen LogP contribution in [0.2, 0.25) is 0 Å². The number of carbonyl (C=O) groups excluding carboxylic acids is 3. The largest absolute Gasteiger partial charge is 0.444 e. The van der Waals surface area contributed by atoms with Crippen LogP contribution in [-0.2, 0) is 33.7 Å². The summed E-state index contributed by atoms with van der Waals surface area (Å²) in [6.07, 6.45) is 1.92. The van der Waals surface area contributed by atoms with E-state index in [1.807, 2.05) is 18.2 Å². The van der Waals surface area contributed by atoms with E-state index in [-0.39, 0.29) is 36.6 Å². The number of halogens is 1. The average Bonchev–Trinajstić information content (AvgIpc) is 3.68. The maximum atomic E-state index is 14.4. The van der Waals surface area contributed by atoms with Crippen LogP contribution in [0.1, 0.15) is 56.7 Å². The molecule has 2 aliphatic rings. The van der Waals surface area contributed by atoms with Gasteiger partial charge in [0.15, 0.2) is 0 Å². The van der Waals surface area contributed by atoms with Crippen LogP contribution in [-0.4, -0.2) is 47.0 Å². The van der Waals surface area contributed by atoms with Gasteiger partial charge in [0.05, 0.1) is 6.04 Å². The fourth-order valence-electron chi connectivity index (χ4n) is 4.68. The van der Waals surface area contributed by atoms with E-state index >= 15 is 0 Å². The quantitative estimate of drug-likeness (QED) is 0.560. The SMILES string of the molecule is CC(C)(C)OC(=O)N[C@@H](CC(=O)N1Cc2ccccc2C[C@H]1CNC(=O)C1CC1)Cc1ccccc1F. The van der Waals surface area contributed by atoms with Crippen LogP contribution in [0.25, 0.3) is 0 Å². The molecule has 2 aromatic rings. The minimum atomic E-state index is -0.710. The molecule has 8 heteroatoms. The van der Waals surface area contributed by atoms with Gasteiger partial charge in [-0.1, -0.05) is 42.5 Å². The zero-order chi connectivity index (χ0) is 26.6. The molecule has 0 saturated heterocycles. The topological polar surface area (TPSA) is 87.7 Å². The van der Waals surface area contributed by atoms with Crippen molar-refractivity contribution in [3.05, 3.63) is 71.0 Å². The van der Waals surface area contributed by atoms with Crippen LogP contribution in [0.15, 0.2) is 48.5 Å². The van der Waals surface area contributed by atoms with E-state index in [9.17, 15) is 18.8 Å². The second-order valence-corrected chi connectivity index (χ2v) is 11.0. The summed E-state index contributed by atoms with van der Waals surface area (Å²) in [7, 11) is 0. The summed E-state index contributed by atoms with van der Waals surface area (Å²) in [6.45, 7) is 6.06. The molecule has 1 heterocycles. The van der Waals surface area contributed by atoms with Crippen molar-refractivity contribution in [1.82, 2.24) is 15.5 Å². The van der Waals surface area contributed by atoms with Gasteiger partial charge in [-0.2, -0.15) is 0 Å². The first-order valence-corrected chi connectivity index (χ1v) is 13.0. The Balaban J connectivity index is 1.51. The van der Waals surface area contributed by atoms with Gasteiger partial charge >= 0.3 is 6.09 Å². The monoisotopic (exact) mass is 509 g/mol. The van der Waals surface area contributed by atoms with E-state index in [0.717, 1.165) is 24.0 Å². The van der Waals surface area contributed by atoms with Crippen molar-refractivity contribution in [1.29, 1.82) is 0 Å². The third-order valence-electron chi connectivity index (χ3n) is 6.70. The Morgan fingerprint density at radius 1 is 1.05 bits per heavy atom. The number of fused-ring (bicyclic) bond motifs is 1. The second kappa shape index (κ2) is 11.3. The van der Waals surface area contributed by atoms with Gasteiger partial charge in [0.25, 0.3) is 0 Å². The predicted octanol–water partition coefficient (Wildman–Crippen LogP) is 4.13. The highest BCUT2D eigenvalue weighted by molar-refractivity contribution is 5.81. The Bertz CT molecular complexity index is 1140. The average molecular weight is 510 g/mol. The third-order valence-corrected chi connectivity index (χ3v) is 6.70. The molecule has 2 atom stereocenters. The summed E-state index contributed by atoms with van der Waals surface area (Å²) in [6, 6.07) is 13.4. The lowest BCUT2D eigenvalue weighted by Gasteiger charge is -2.38. The van der Waals surface area contributed by atoms with Crippen LogP contribution in [0.3, 0.4) is 0 Å². The van der Waals surface area contributed by atoms with Crippen molar-refractivity contribution < 1.29 is 23.5 Å². The molecule has 198 valence electrons. The number of benzene rings is 2. The molecule has 1 saturated carbocycles. The molecular weight excluding hydrogens is 473 g/mol. The lowest BCUT2D eigenvalue weighted by atomic mass is 9.92. The summed E-state index contributed by atoms with van der Waals surface area (Å²) in [5.74, 6) is -0.436. The molecule has 0 aromatic heterocycles. The minimum absolute atomic E-state index is 0.0250. The molecule has 4 rings (SSSR count). The zero-order valence-electron chi connectivity index (χ0n) is 21.8. The van der Waals surface area contributed by atoms with E-state index in [1.54, 1.807) is 43.9 Å². The molecule has 0 radical (unpaired) electrons. The lowest BCUT2D eigenvalue weighted by molar-refractivity contribution is -0.136. The van der Waals surface area contributed by atoms with Gasteiger partial charge in [-0.15, -0.1) is 0 Å². The Labute approximate surface area is 217 Å². The van der Waals surface area contributed by atoms with Gasteiger partial charge in [-0.25, -0.2) is 9.18 Å². The minimum Gasteiger partial charge on any atom is -0.444 e. The van der Waals surface area contributed by atoms with Crippen LogP contribution in [0.4, 0.5) is 9.18 Å². The number of nitrogens with one attached hydrogen (secondary N) is 2. The van der Waals surface area contributed by atoms with Crippen molar-refractivity contribution in [2.24, 2.45) is 5.92 Å². The van der Waals surface area contributed by atoms with Crippen LogP contribution in [0.5, 0.6) is 0 Å². The van der Waals surface area contributed by atoms with Gasteiger partial charge in [-0.3, -0.25) is 9.59 Å². The maximum absolute atomic E-state index is 14.4. The summed E-state index contributed by atoms with van der Waals surface area (Å²) < 4.78 is 19.9. The maximum Gasteiger partial charge on any atom is 0.407 e. The second-order valence-electron chi connectivity index (χ2n) is 11.0. The molecule has 0 spiro atoms. The third kappa shape index (κ3) is 7.54. The molecule has 1 fully saturated rings. The van der Waals surface area contributed by atoms with E-state index in [2.05, 4.69) is 16.7 Å². The van der Waals surface area contributed by atoms with Crippen LogP contribution in [0, 0.1) is 11.7 Å². The Hall–Kier alpha value is -3.42. The lowest BCUT2D eigenvalue weighted by Crippen LogP contribution is -2.52. The smallest absolute Gasteiger partial charge is 0.407 e. The van der Waals surface area contributed by atoms with Crippen molar-refractivity contribution in [3.63, 3.8) is 0 Å². The summed E-state index contributed by atoms with van der Waals surface area (Å²) in [5, 5.41) is 5.80. The van der Waals surface area contributed by atoms with E-state index in [0.29, 0.717) is 25.1 Å². The summed E-state index contributed by atoms with van der Waals surface area (Å²) >= 11 is 0. The van der Waals surface area contributed by atoms with Crippen LogP contribution < -0.4 is 10.6 Å². The Morgan fingerprint density at radius 2 is 1.73 bits per heavy atom. The highest BCUT2D eigenvalue weighted by Crippen LogP contribution is 2.29. The highest BCUT2D eigenvalue weighted by Gasteiger charge is 2.34. The number of rotatable bonds is 8. The van der Waals surface area contributed by atoms with E-state index in [1.165, 1.54) is 6.07 Å². The van der Waals surface area contributed by atoms with Gasteiger partial charge in [0.1, 0.15) is 11.4 Å².